The van der Waals surface area contributed by atoms with Gasteiger partial charge in [0.25, 0.3) is 0 Å². The van der Waals surface area contributed by atoms with E-state index in [0.717, 1.165) is 44.4 Å². The summed E-state index contributed by atoms with van der Waals surface area (Å²) in [6.07, 6.45) is 5.86. The molecule has 1 atom stereocenters. The summed E-state index contributed by atoms with van der Waals surface area (Å²) in [5.74, 6) is 1.41. The van der Waals surface area contributed by atoms with Crippen molar-refractivity contribution in [1.82, 2.24) is 14.3 Å². The van der Waals surface area contributed by atoms with Crippen LogP contribution in [0.15, 0.2) is 42.0 Å². The average molecular weight is 423 g/mol. The third-order valence-electron chi connectivity index (χ3n) is 6.29. The minimum absolute atomic E-state index is 0.475. The van der Waals surface area contributed by atoms with E-state index in [-0.39, 0.29) is 0 Å². The van der Waals surface area contributed by atoms with E-state index < -0.39 is 0 Å². The van der Waals surface area contributed by atoms with Crippen LogP contribution in [-0.2, 0) is 4.74 Å². The van der Waals surface area contributed by atoms with Crippen molar-refractivity contribution in [3.8, 4) is 0 Å². The Morgan fingerprint density at radius 1 is 1.23 bits per heavy atom. The van der Waals surface area contributed by atoms with Gasteiger partial charge in [0.15, 0.2) is 0 Å². The van der Waals surface area contributed by atoms with E-state index in [0.29, 0.717) is 5.92 Å². The second-order valence-corrected chi connectivity index (χ2v) is 9.68. The number of likely N-dealkylation sites (tertiary alicyclic amines) is 1. The number of hydrogen-bond acceptors (Lipinski definition) is 5. The van der Waals surface area contributed by atoms with Crippen LogP contribution < -0.4 is 5.32 Å². The SMILES string of the molecule is Cc1sc2c([C@H]3CCCN(CC4=CCCOC4)C3)nc(Nc3ccccc3)n2c1C. The molecule has 1 aromatic carbocycles. The molecular weight excluding hydrogens is 392 g/mol. The predicted octanol–water partition coefficient (Wildman–Crippen LogP) is 5.28. The summed E-state index contributed by atoms with van der Waals surface area (Å²) in [5.41, 5.74) is 5.05. The lowest BCUT2D eigenvalue weighted by molar-refractivity contribution is 0.137. The van der Waals surface area contributed by atoms with Crippen molar-refractivity contribution in [3.05, 3.63) is 58.2 Å². The van der Waals surface area contributed by atoms with E-state index in [1.165, 1.54) is 46.1 Å². The van der Waals surface area contributed by atoms with Crippen LogP contribution in [-0.4, -0.2) is 47.1 Å². The van der Waals surface area contributed by atoms with Gasteiger partial charge in [-0.15, -0.1) is 11.3 Å². The second-order valence-electron chi connectivity index (χ2n) is 8.47. The molecule has 0 unspecified atom stereocenters. The Morgan fingerprint density at radius 3 is 2.90 bits per heavy atom. The van der Waals surface area contributed by atoms with Crippen molar-refractivity contribution < 1.29 is 4.74 Å². The second kappa shape index (κ2) is 8.53. The summed E-state index contributed by atoms with van der Waals surface area (Å²) in [7, 11) is 0. The smallest absolute Gasteiger partial charge is 0.213 e. The number of nitrogens with zero attached hydrogens (tertiary/aromatic N) is 3. The molecule has 1 N–H and O–H groups in total. The van der Waals surface area contributed by atoms with Gasteiger partial charge >= 0.3 is 0 Å². The highest BCUT2D eigenvalue weighted by Gasteiger charge is 2.28. The molecule has 0 spiro atoms. The number of nitrogens with one attached hydrogen (secondary N) is 1. The van der Waals surface area contributed by atoms with E-state index in [9.17, 15) is 0 Å². The first-order chi connectivity index (χ1) is 14.7. The Bertz CT molecular complexity index is 1050. The normalized spacial score (nSPS) is 20.5. The van der Waals surface area contributed by atoms with E-state index in [1.807, 2.05) is 17.4 Å². The molecule has 2 aliphatic rings. The van der Waals surface area contributed by atoms with Crippen LogP contribution in [0.2, 0.25) is 0 Å². The molecule has 0 aliphatic carbocycles. The average Bonchev–Trinajstić information content (AvgIpc) is 3.26. The third-order valence-corrected chi connectivity index (χ3v) is 7.47. The molecule has 158 valence electrons. The number of thiazole rings is 1. The van der Waals surface area contributed by atoms with Gasteiger partial charge in [0.05, 0.1) is 18.9 Å². The maximum Gasteiger partial charge on any atom is 0.213 e. The van der Waals surface area contributed by atoms with Gasteiger partial charge in [-0.05, 0) is 57.4 Å². The quantitative estimate of drug-likeness (QED) is 0.568. The summed E-state index contributed by atoms with van der Waals surface area (Å²) in [5, 5.41) is 3.56. The van der Waals surface area contributed by atoms with Gasteiger partial charge < -0.3 is 10.1 Å². The number of aryl methyl sites for hydroxylation is 2. The molecule has 5 rings (SSSR count). The summed E-state index contributed by atoms with van der Waals surface area (Å²) in [6.45, 7) is 9.35. The van der Waals surface area contributed by atoms with Gasteiger partial charge in [0, 0.05) is 35.3 Å². The number of anilines is 2. The van der Waals surface area contributed by atoms with Crippen LogP contribution in [0.1, 0.15) is 41.4 Å². The highest BCUT2D eigenvalue weighted by Crippen LogP contribution is 2.37. The molecule has 2 aromatic heterocycles. The topological polar surface area (TPSA) is 41.8 Å². The molecule has 1 fully saturated rings. The summed E-state index contributed by atoms with van der Waals surface area (Å²) in [6, 6.07) is 10.3. The molecule has 0 radical (unpaired) electrons. The van der Waals surface area contributed by atoms with Crippen molar-refractivity contribution >= 4 is 27.8 Å². The Hall–Kier alpha value is -2.15. The molecule has 3 aromatic rings. The molecule has 0 amide bonds. The van der Waals surface area contributed by atoms with E-state index in [4.69, 9.17) is 9.72 Å². The number of fused-ring (bicyclic) bond motifs is 1. The number of benzene rings is 1. The number of ether oxygens (including phenoxy) is 1. The molecule has 1 saturated heterocycles. The highest BCUT2D eigenvalue weighted by molar-refractivity contribution is 7.17. The van der Waals surface area contributed by atoms with Crippen molar-refractivity contribution in [2.45, 2.75) is 39.0 Å². The van der Waals surface area contributed by atoms with Crippen LogP contribution in [0.25, 0.3) is 4.83 Å². The summed E-state index contributed by atoms with van der Waals surface area (Å²) >= 11 is 1.88. The van der Waals surface area contributed by atoms with Crippen molar-refractivity contribution in [2.24, 2.45) is 0 Å². The number of aromatic nitrogens is 2. The molecule has 0 bridgehead atoms. The fraction of sp³-hybridized carbons (Fsp3) is 0.458. The van der Waals surface area contributed by atoms with Crippen LogP contribution in [0.3, 0.4) is 0 Å². The maximum atomic E-state index is 5.65. The van der Waals surface area contributed by atoms with Gasteiger partial charge in [0.2, 0.25) is 5.95 Å². The monoisotopic (exact) mass is 422 g/mol. The van der Waals surface area contributed by atoms with Crippen molar-refractivity contribution in [3.63, 3.8) is 0 Å². The van der Waals surface area contributed by atoms with E-state index in [1.54, 1.807) is 0 Å². The zero-order valence-electron chi connectivity index (χ0n) is 17.9. The molecule has 4 heterocycles. The predicted molar refractivity (Wildman–Crippen MR) is 124 cm³/mol. The zero-order valence-corrected chi connectivity index (χ0v) is 18.7. The largest absolute Gasteiger partial charge is 0.377 e. The first-order valence-electron chi connectivity index (χ1n) is 11.0. The van der Waals surface area contributed by atoms with E-state index in [2.05, 4.69) is 58.8 Å². The minimum Gasteiger partial charge on any atom is -0.377 e. The number of piperidine rings is 1. The van der Waals surface area contributed by atoms with Gasteiger partial charge in [-0.3, -0.25) is 9.30 Å². The lowest BCUT2D eigenvalue weighted by Crippen LogP contribution is -2.36. The first-order valence-corrected chi connectivity index (χ1v) is 11.8. The Balaban J connectivity index is 1.43. The van der Waals surface area contributed by atoms with Crippen molar-refractivity contribution in [2.75, 3.05) is 38.2 Å². The van der Waals surface area contributed by atoms with Crippen molar-refractivity contribution in [1.29, 1.82) is 0 Å². The molecule has 30 heavy (non-hydrogen) atoms. The molecule has 0 saturated carbocycles. The van der Waals surface area contributed by atoms with Crippen LogP contribution in [0.5, 0.6) is 0 Å². The number of hydrogen-bond donors (Lipinski definition) is 1. The van der Waals surface area contributed by atoms with Crippen LogP contribution in [0.4, 0.5) is 11.6 Å². The van der Waals surface area contributed by atoms with Crippen LogP contribution >= 0.6 is 11.3 Å². The Labute approximate surface area is 182 Å². The van der Waals surface area contributed by atoms with Crippen LogP contribution in [0, 0.1) is 13.8 Å². The summed E-state index contributed by atoms with van der Waals surface area (Å²) < 4.78 is 7.97. The number of rotatable bonds is 5. The standard InChI is InChI=1S/C24H30N4OS/c1-17-18(2)30-23-22(26-24(28(17)23)25-21-10-4-3-5-11-21)20-9-6-12-27(15-20)14-19-8-7-13-29-16-19/h3-5,8,10-11,20H,6-7,9,12-16H2,1-2H3,(H,25,26)/t20-/m0/s1. The van der Waals surface area contributed by atoms with Gasteiger partial charge in [-0.1, -0.05) is 24.3 Å². The zero-order chi connectivity index (χ0) is 20.5. The Kier molecular flexibility index (Phi) is 5.63. The maximum absolute atomic E-state index is 5.65. The number of para-hydroxylation sites is 1. The lowest BCUT2D eigenvalue weighted by atomic mass is 9.95. The highest BCUT2D eigenvalue weighted by atomic mass is 32.1. The molecule has 2 aliphatic heterocycles. The molecule has 6 heteroatoms. The molecule has 5 nitrogen and oxygen atoms in total. The minimum atomic E-state index is 0.475. The molecular formula is C24H30N4OS. The summed E-state index contributed by atoms with van der Waals surface area (Å²) in [4.78, 5) is 10.4. The van der Waals surface area contributed by atoms with E-state index >= 15 is 0 Å². The van der Waals surface area contributed by atoms with Gasteiger partial charge in [0.1, 0.15) is 4.83 Å². The fourth-order valence-corrected chi connectivity index (χ4v) is 5.80. The van der Waals surface area contributed by atoms with Gasteiger partial charge in [-0.2, -0.15) is 0 Å². The number of imidazole rings is 1. The fourth-order valence-electron chi connectivity index (χ4n) is 4.64. The Morgan fingerprint density at radius 2 is 2.10 bits per heavy atom. The lowest BCUT2D eigenvalue weighted by Gasteiger charge is -2.33. The third kappa shape index (κ3) is 3.92. The van der Waals surface area contributed by atoms with Gasteiger partial charge in [-0.25, -0.2) is 4.98 Å². The first kappa shape index (κ1) is 19.8.